The van der Waals surface area contributed by atoms with Crippen molar-refractivity contribution in [2.75, 3.05) is 5.32 Å². The lowest BCUT2D eigenvalue weighted by molar-refractivity contribution is -0.117. The first-order valence-electron chi connectivity index (χ1n) is 6.07. The third kappa shape index (κ3) is 3.07. The molecular formula is C13H14N4O4. The van der Waals surface area contributed by atoms with Gasteiger partial charge in [0, 0.05) is 11.1 Å². The third-order valence-corrected chi connectivity index (χ3v) is 2.79. The van der Waals surface area contributed by atoms with E-state index in [9.17, 15) is 14.4 Å². The Labute approximate surface area is 119 Å². The second-order valence-corrected chi connectivity index (χ2v) is 4.45. The number of rotatable bonds is 3. The van der Waals surface area contributed by atoms with Crippen LogP contribution in [-0.4, -0.2) is 17.9 Å². The van der Waals surface area contributed by atoms with Crippen LogP contribution in [0.4, 0.5) is 5.69 Å². The SMILES string of the molecule is C[C@H](N)C(=O)Nc1ccc2oc(=O)c(C(=O)NN)cc2c1. The molecule has 0 unspecified atom stereocenters. The molecule has 0 aliphatic rings. The molecule has 21 heavy (non-hydrogen) atoms. The molecule has 8 heteroatoms. The summed E-state index contributed by atoms with van der Waals surface area (Å²) in [6.45, 7) is 1.55. The molecule has 0 saturated carbocycles. The van der Waals surface area contributed by atoms with Crippen LogP contribution < -0.4 is 27.9 Å². The Morgan fingerprint density at radius 2 is 2.00 bits per heavy atom. The Hall–Kier alpha value is -2.71. The number of carbonyl (C=O) groups excluding carboxylic acids is 2. The highest BCUT2D eigenvalue weighted by molar-refractivity contribution is 5.98. The molecule has 0 bridgehead atoms. The Morgan fingerprint density at radius 1 is 1.29 bits per heavy atom. The maximum Gasteiger partial charge on any atom is 0.349 e. The van der Waals surface area contributed by atoms with Crippen LogP contribution in [0.2, 0.25) is 0 Å². The molecule has 0 spiro atoms. The van der Waals surface area contributed by atoms with Crippen molar-refractivity contribution in [2.45, 2.75) is 13.0 Å². The highest BCUT2D eigenvalue weighted by Crippen LogP contribution is 2.19. The van der Waals surface area contributed by atoms with Gasteiger partial charge in [-0.3, -0.25) is 15.0 Å². The minimum Gasteiger partial charge on any atom is -0.422 e. The van der Waals surface area contributed by atoms with Crippen molar-refractivity contribution in [3.05, 3.63) is 40.2 Å². The van der Waals surface area contributed by atoms with Crippen molar-refractivity contribution in [3.8, 4) is 0 Å². The molecule has 0 radical (unpaired) electrons. The summed E-state index contributed by atoms with van der Waals surface area (Å²) >= 11 is 0. The van der Waals surface area contributed by atoms with Crippen LogP contribution in [-0.2, 0) is 4.79 Å². The van der Waals surface area contributed by atoms with Crippen molar-refractivity contribution < 1.29 is 14.0 Å². The number of benzene rings is 1. The number of hydrazine groups is 1. The molecule has 2 amide bonds. The summed E-state index contributed by atoms with van der Waals surface area (Å²) in [6, 6.07) is 5.32. The van der Waals surface area contributed by atoms with Gasteiger partial charge in [-0.2, -0.15) is 0 Å². The van der Waals surface area contributed by atoms with E-state index >= 15 is 0 Å². The summed E-state index contributed by atoms with van der Waals surface area (Å²) in [6.07, 6.45) is 0. The van der Waals surface area contributed by atoms with Crippen molar-refractivity contribution in [1.29, 1.82) is 0 Å². The van der Waals surface area contributed by atoms with E-state index in [0.717, 1.165) is 0 Å². The lowest BCUT2D eigenvalue weighted by atomic mass is 10.1. The molecule has 110 valence electrons. The highest BCUT2D eigenvalue weighted by Gasteiger charge is 2.13. The number of carbonyl (C=O) groups is 2. The second kappa shape index (κ2) is 5.73. The fraction of sp³-hybridized carbons (Fsp3) is 0.154. The summed E-state index contributed by atoms with van der Waals surface area (Å²) in [7, 11) is 0. The van der Waals surface area contributed by atoms with E-state index in [-0.39, 0.29) is 17.1 Å². The largest absolute Gasteiger partial charge is 0.422 e. The van der Waals surface area contributed by atoms with Crippen LogP contribution in [0.25, 0.3) is 11.0 Å². The van der Waals surface area contributed by atoms with Crippen LogP contribution >= 0.6 is 0 Å². The normalized spacial score (nSPS) is 12.0. The smallest absolute Gasteiger partial charge is 0.349 e. The van der Waals surface area contributed by atoms with Gasteiger partial charge in [0.25, 0.3) is 5.91 Å². The van der Waals surface area contributed by atoms with Gasteiger partial charge < -0.3 is 15.5 Å². The monoisotopic (exact) mass is 290 g/mol. The van der Waals surface area contributed by atoms with E-state index < -0.39 is 17.6 Å². The zero-order chi connectivity index (χ0) is 15.6. The van der Waals surface area contributed by atoms with Crippen LogP contribution in [0.15, 0.2) is 33.5 Å². The van der Waals surface area contributed by atoms with Crippen molar-refractivity contribution in [3.63, 3.8) is 0 Å². The van der Waals surface area contributed by atoms with Gasteiger partial charge in [-0.1, -0.05) is 0 Å². The summed E-state index contributed by atoms with van der Waals surface area (Å²) in [5.74, 6) is 3.89. The molecule has 0 aliphatic heterocycles. The number of amides is 2. The molecule has 8 nitrogen and oxygen atoms in total. The van der Waals surface area contributed by atoms with Gasteiger partial charge in [-0.25, -0.2) is 10.6 Å². The maximum absolute atomic E-state index is 11.6. The molecule has 0 saturated heterocycles. The lowest BCUT2D eigenvalue weighted by Gasteiger charge is -2.08. The maximum atomic E-state index is 11.6. The van der Waals surface area contributed by atoms with E-state index in [1.807, 2.05) is 5.43 Å². The van der Waals surface area contributed by atoms with Crippen LogP contribution in [0.1, 0.15) is 17.3 Å². The van der Waals surface area contributed by atoms with E-state index in [4.69, 9.17) is 16.0 Å². The van der Waals surface area contributed by atoms with E-state index in [1.165, 1.54) is 12.1 Å². The van der Waals surface area contributed by atoms with Gasteiger partial charge in [-0.05, 0) is 31.2 Å². The molecule has 1 aromatic carbocycles. The summed E-state index contributed by atoms with van der Waals surface area (Å²) in [4.78, 5) is 34.6. The zero-order valence-electron chi connectivity index (χ0n) is 11.2. The molecule has 6 N–H and O–H groups in total. The Morgan fingerprint density at radius 3 is 2.62 bits per heavy atom. The average molecular weight is 290 g/mol. The van der Waals surface area contributed by atoms with Crippen LogP contribution in [0.5, 0.6) is 0 Å². The van der Waals surface area contributed by atoms with Gasteiger partial charge in [0.2, 0.25) is 5.91 Å². The minimum atomic E-state index is -0.794. The molecule has 2 rings (SSSR count). The number of hydrogen-bond acceptors (Lipinski definition) is 6. The number of nitrogens with two attached hydrogens (primary N) is 2. The first-order chi connectivity index (χ1) is 9.92. The topological polar surface area (TPSA) is 140 Å². The summed E-state index contributed by atoms with van der Waals surface area (Å²) in [5, 5.41) is 3.07. The van der Waals surface area contributed by atoms with Crippen LogP contribution in [0, 0.1) is 0 Å². The first-order valence-corrected chi connectivity index (χ1v) is 6.07. The van der Waals surface area contributed by atoms with Crippen LogP contribution in [0.3, 0.4) is 0 Å². The van der Waals surface area contributed by atoms with Crippen molar-refractivity contribution >= 4 is 28.5 Å². The number of nitrogen functional groups attached to an aromatic ring is 1. The average Bonchev–Trinajstić information content (AvgIpc) is 2.45. The molecule has 1 heterocycles. The van der Waals surface area contributed by atoms with E-state index in [0.29, 0.717) is 11.1 Å². The van der Waals surface area contributed by atoms with Gasteiger partial charge in [0.05, 0.1) is 6.04 Å². The summed E-state index contributed by atoms with van der Waals surface area (Å²) in [5.41, 5.74) is 7.06. The number of hydrogen-bond donors (Lipinski definition) is 4. The van der Waals surface area contributed by atoms with Gasteiger partial charge in [0.1, 0.15) is 11.1 Å². The number of nitrogens with one attached hydrogen (secondary N) is 2. The molecule has 0 fully saturated rings. The quantitative estimate of drug-likeness (QED) is 0.264. The van der Waals surface area contributed by atoms with E-state index in [2.05, 4.69) is 5.32 Å². The standard InChI is InChI=1S/C13H14N4O4/c1-6(14)11(18)16-8-2-3-10-7(4-8)5-9(12(19)17-15)13(20)21-10/h2-6H,14-15H2,1H3,(H,16,18)(H,17,19)/t6-/m0/s1. The molecule has 1 aromatic heterocycles. The first kappa shape index (κ1) is 14.7. The molecule has 0 aliphatic carbocycles. The van der Waals surface area contributed by atoms with Gasteiger partial charge >= 0.3 is 5.63 Å². The Balaban J connectivity index is 2.46. The van der Waals surface area contributed by atoms with Crippen molar-refractivity contribution in [2.24, 2.45) is 11.6 Å². The van der Waals surface area contributed by atoms with Gasteiger partial charge in [0.15, 0.2) is 0 Å². The summed E-state index contributed by atoms with van der Waals surface area (Å²) < 4.78 is 5.01. The fourth-order valence-corrected chi connectivity index (χ4v) is 1.69. The second-order valence-electron chi connectivity index (χ2n) is 4.45. The highest BCUT2D eigenvalue weighted by atomic mass is 16.4. The zero-order valence-corrected chi connectivity index (χ0v) is 11.2. The predicted octanol–water partition coefficient (Wildman–Crippen LogP) is -0.318. The predicted molar refractivity (Wildman–Crippen MR) is 76.4 cm³/mol. The Kier molecular flexibility index (Phi) is 4.01. The number of fused-ring (bicyclic) bond motifs is 1. The fourth-order valence-electron chi connectivity index (χ4n) is 1.69. The lowest BCUT2D eigenvalue weighted by Crippen LogP contribution is -2.33. The third-order valence-electron chi connectivity index (χ3n) is 2.79. The number of anilines is 1. The molecular weight excluding hydrogens is 276 g/mol. The van der Waals surface area contributed by atoms with E-state index in [1.54, 1.807) is 19.1 Å². The molecule has 1 atom stereocenters. The van der Waals surface area contributed by atoms with Crippen molar-refractivity contribution in [1.82, 2.24) is 5.43 Å². The molecule has 2 aromatic rings. The Bertz CT molecular complexity index is 766. The minimum absolute atomic E-state index is 0.222. The van der Waals surface area contributed by atoms with Gasteiger partial charge in [-0.15, -0.1) is 0 Å².